The third-order valence-electron chi connectivity index (χ3n) is 4.03. The molecular formula is C17H28N2O2. The monoisotopic (exact) mass is 292 g/mol. The Balaban J connectivity index is 1.81. The molecule has 0 spiro atoms. The van der Waals surface area contributed by atoms with Crippen LogP contribution in [0.4, 0.5) is 0 Å². The van der Waals surface area contributed by atoms with Crippen LogP contribution < -0.4 is 4.74 Å². The molecule has 118 valence electrons. The molecule has 4 nitrogen and oxygen atoms in total. The van der Waals surface area contributed by atoms with Gasteiger partial charge in [-0.3, -0.25) is 0 Å². The molecule has 0 radical (unpaired) electrons. The maximum Gasteiger partial charge on any atom is 0.119 e. The van der Waals surface area contributed by atoms with E-state index < -0.39 is 6.10 Å². The van der Waals surface area contributed by atoms with Crippen LogP contribution in [-0.4, -0.2) is 61.3 Å². The van der Waals surface area contributed by atoms with Crippen LogP contribution in [0.1, 0.15) is 31.4 Å². The lowest BCUT2D eigenvalue weighted by molar-refractivity contribution is 0.112. The topological polar surface area (TPSA) is 35.9 Å². The molecule has 0 bridgehead atoms. The number of nitrogens with zero attached hydrogens (tertiary/aromatic N) is 2. The molecule has 0 aromatic heterocycles. The van der Waals surface area contributed by atoms with Crippen LogP contribution in [-0.2, 0) is 0 Å². The average molecular weight is 292 g/mol. The smallest absolute Gasteiger partial charge is 0.119 e. The van der Waals surface area contributed by atoms with Gasteiger partial charge in [-0.2, -0.15) is 0 Å². The zero-order valence-corrected chi connectivity index (χ0v) is 13.3. The van der Waals surface area contributed by atoms with Gasteiger partial charge >= 0.3 is 0 Å². The van der Waals surface area contributed by atoms with Crippen molar-refractivity contribution >= 4 is 0 Å². The lowest BCUT2D eigenvalue weighted by Gasteiger charge is -2.32. The van der Waals surface area contributed by atoms with Gasteiger partial charge in [-0.1, -0.05) is 19.1 Å². The molecule has 0 aliphatic carbocycles. The summed E-state index contributed by atoms with van der Waals surface area (Å²) in [6, 6.07) is 7.85. The van der Waals surface area contributed by atoms with Gasteiger partial charge in [0.05, 0.1) is 12.7 Å². The highest BCUT2D eigenvalue weighted by atomic mass is 16.5. The summed E-state index contributed by atoms with van der Waals surface area (Å²) in [5, 5.41) is 10.4. The second kappa shape index (κ2) is 8.37. The Bertz CT molecular complexity index is 417. The SMILES string of the molecule is CCCOc1cccc(C(O)CCN2CCN(C)CC2)c1. The highest BCUT2D eigenvalue weighted by Gasteiger charge is 2.16. The van der Waals surface area contributed by atoms with E-state index in [2.05, 4.69) is 23.8 Å². The maximum atomic E-state index is 10.4. The lowest BCUT2D eigenvalue weighted by Crippen LogP contribution is -2.44. The van der Waals surface area contributed by atoms with Gasteiger partial charge in [-0.15, -0.1) is 0 Å². The zero-order valence-electron chi connectivity index (χ0n) is 13.3. The van der Waals surface area contributed by atoms with E-state index in [-0.39, 0.29) is 0 Å². The largest absolute Gasteiger partial charge is 0.494 e. The van der Waals surface area contributed by atoms with Crippen LogP contribution in [0.15, 0.2) is 24.3 Å². The molecule has 0 amide bonds. The molecule has 1 aromatic rings. The highest BCUT2D eigenvalue weighted by Crippen LogP contribution is 2.22. The van der Waals surface area contributed by atoms with Crippen molar-refractivity contribution in [2.24, 2.45) is 0 Å². The molecule has 21 heavy (non-hydrogen) atoms. The second-order valence-corrected chi connectivity index (χ2v) is 5.87. The predicted octanol–water partition coefficient (Wildman–Crippen LogP) is 2.15. The first kappa shape index (κ1) is 16.3. The Morgan fingerprint density at radius 1 is 1.24 bits per heavy atom. The van der Waals surface area contributed by atoms with Crippen molar-refractivity contribution in [2.75, 3.05) is 46.4 Å². The molecular weight excluding hydrogens is 264 g/mol. The first-order valence-electron chi connectivity index (χ1n) is 8.00. The van der Waals surface area contributed by atoms with Gasteiger partial charge in [0.2, 0.25) is 0 Å². The fourth-order valence-corrected chi connectivity index (χ4v) is 2.57. The van der Waals surface area contributed by atoms with E-state index in [0.29, 0.717) is 0 Å². The predicted molar refractivity (Wildman–Crippen MR) is 85.7 cm³/mol. The summed E-state index contributed by atoms with van der Waals surface area (Å²) < 4.78 is 5.63. The minimum absolute atomic E-state index is 0.408. The Labute approximate surface area is 128 Å². The molecule has 1 fully saturated rings. The second-order valence-electron chi connectivity index (χ2n) is 5.87. The zero-order chi connectivity index (χ0) is 15.1. The van der Waals surface area contributed by atoms with Crippen molar-refractivity contribution in [3.63, 3.8) is 0 Å². The summed E-state index contributed by atoms with van der Waals surface area (Å²) in [5.41, 5.74) is 0.956. The van der Waals surface area contributed by atoms with Gasteiger partial charge in [0.25, 0.3) is 0 Å². The van der Waals surface area contributed by atoms with Gasteiger partial charge in [-0.25, -0.2) is 0 Å². The maximum absolute atomic E-state index is 10.4. The summed E-state index contributed by atoms with van der Waals surface area (Å²) in [6.07, 6.45) is 1.37. The molecule has 2 rings (SSSR count). The first-order chi connectivity index (χ1) is 10.2. The van der Waals surface area contributed by atoms with Gasteiger partial charge < -0.3 is 19.6 Å². The molecule has 1 aromatic carbocycles. The van der Waals surface area contributed by atoms with E-state index >= 15 is 0 Å². The summed E-state index contributed by atoms with van der Waals surface area (Å²) in [5.74, 6) is 0.855. The number of hydrogen-bond donors (Lipinski definition) is 1. The average Bonchev–Trinajstić information content (AvgIpc) is 2.52. The Morgan fingerprint density at radius 2 is 2.00 bits per heavy atom. The van der Waals surface area contributed by atoms with E-state index in [1.807, 2.05) is 24.3 Å². The van der Waals surface area contributed by atoms with Crippen LogP contribution in [0.2, 0.25) is 0 Å². The van der Waals surface area contributed by atoms with Crippen LogP contribution in [0.25, 0.3) is 0 Å². The fraction of sp³-hybridized carbons (Fsp3) is 0.647. The molecule has 1 aliphatic rings. The molecule has 0 saturated carbocycles. The standard InChI is InChI=1S/C17H28N2O2/c1-3-13-21-16-6-4-5-15(14-16)17(20)7-8-19-11-9-18(2)10-12-19/h4-6,14,17,20H,3,7-13H2,1-2H3. The number of aliphatic hydroxyl groups is 1. The molecule has 1 saturated heterocycles. The van der Waals surface area contributed by atoms with E-state index in [9.17, 15) is 5.11 Å². The van der Waals surface area contributed by atoms with Crippen LogP contribution in [0.5, 0.6) is 5.75 Å². The summed E-state index contributed by atoms with van der Waals surface area (Å²) in [4.78, 5) is 4.78. The number of hydrogen-bond acceptors (Lipinski definition) is 4. The van der Waals surface area contributed by atoms with Gasteiger partial charge in [0.15, 0.2) is 0 Å². The quantitative estimate of drug-likeness (QED) is 0.835. The van der Waals surface area contributed by atoms with Crippen molar-refractivity contribution in [3.8, 4) is 5.75 Å². The Morgan fingerprint density at radius 3 is 2.71 bits per heavy atom. The molecule has 1 heterocycles. The van der Waals surface area contributed by atoms with Gasteiger partial charge in [0, 0.05) is 32.7 Å². The number of benzene rings is 1. The summed E-state index contributed by atoms with van der Waals surface area (Å²) in [7, 11) is 2.16. The van der Waals surface area contributed by atoms with E-state index in [1.54, 1.807) is 0 Å². The van der Waals surface area contributed by atoms with Crippen LogP contribution in [0.3, 0.4) is 0 Å². The molecule has 1 unspecified atom stereocenters. The number of aliphatic hydroxyl groups excluding tert-OH is 1. The number of rotatable bonds is 7. The normalized spacial score (nSPS) is 18.6. The first-order valence-corrected chi connectivity index (χ1v) is 8.00. The van der Waals surface area contributed by atoms with Gasteiger partial charge in [-0.05, 0) is 37.6 Å². The van der Waals surface area contributed by atoms with E-state index in [0.717, 1.165) is 63.5 Å². The van der Waals surface area contributed by atoms with E-state index in [1.165, 1.54) is 0 Å². The molecule has 1 aliphatic heterocycles. The van der Waals surface area contributed by atoms with Crippen molar-refractivity contribution < 1.29 is 9.84 Å². The summed E-state index contributed by atoms with van der Waals surface area (Å²) in [6.45, 7) is 8.21. The highest BCUT2D eigenvalue weighted by molar-refractivity contribution is 5.29. The van der Waals surface area contributed by atoms with Crippen molar-refractivity contribution in [1.29, 1.82) is 0 Å². The molecule has 4 heteroatoms. The lowest BCUT2D eigenvalue weighted by atomic mass is 10.1. The number of piperazine rings is 1. The fourth-order valence-electron chi connectivity index (χ4n) is 2.57. The van der Waals surface area contributed by atoms with Crippen molar-refractivity contribution in [1.82, 2.24) is 9.80 Å². The third kappa shape index (κ3) is 5.30. The Kier molecular flexibility index (Phi) is 6.49. The minimum Gasteiger partial charge on any atom is -0.494 e. The molecule has 1 atom stereocenters. The molecule has 1 N–H and O–H groups in total. The minimum atomic E-state index is -0.408. The van der Waals surface area contributed by atoms with Crippen LogP contribution >= 0.6 is 0 Å². The van der Waals surface area contributed by atoms with Crippen LogP contribution in [0, 0.1) is 0 Å². The van der Waals surface area contributed by atoms with Crippen molar-refractivity contribution in [2.45, 2.75) is 25.9 Å². The Hall–Kier alpha value is -1.10. The number of likely N-dealkylation sites (N-methyl/N-ethyl adjacent to an activating group) is 1. The van der Waals surface area contributed by atoms with Gasteiger partial charge in [0.1, 0.15) is 5.75 Å². The van der Waals surface area contributed by atoms with E-state index in [4.69, 9.17) is 4.74 Å². The summed E-state index contributed by atoms with van der Waals surface area (Å²) >= 11 is 0. The van der Waals surface area contributed by atoms with Crippen molar-refractivity contribution in [3.05, 3.63) is 29.8 Å². The number of ether oxygens (including phenoxy) is 1. The third-order valence-corrected chi connectivity index (χ3v) is 4.03.